The quantitative estimate of drug-likeness (QED) is 0.321. The lowest BCUT2D eigenvalue weighted by Crippen LogP contribution is -2.19. The number of rotatable bonds is 9. The van der Waals surface area contributed by atoms with E-state index in [0.717, 1.165) is 24.8 Å². The molecule has 0 saturated carbocycles. The van der Waals surface area contributed by atoms with Crippen LogP contribution in [0.25, 0.3) is 0 Å². The van der Waals surface area contributed by atoms with Crippen LogP contribution in [-0.2, 0) is 9.53 Å². The van der Waals surface area contributed by atoms with Crippen LogP contribution in [0, 0.1) is 11.8 Å². The van der Waals surface area contributed by atoms with Gasteiger partial charge in [-0.05, 0) is 30.8 Å². The van der Waals surface area contributed by atoms with E-state index in [1.165, 1.54) is 12.8 Å². The molecule has 0 amide bonds. The van der Waals surface area contributed by atoms with Crippen molar-refractivity contribution in [3.63, 3.8) is 0 Å². The topological polar surface area (TPSA) is 26.3 Å². The van der Waals surface area contributed by atoms with Crippen molar-refractivity contribution in [1.82, 2.24) is 0 Å². The fraction of sp³-hybridized carbons (Fsp3) is 0.706. The van der Waals surface area contributed by atoms with E-state index in [-0.39, 0.29) is 0 Å². The van der Waals surface area contributed by atoms with E-state index < -0.39 is 18.8 Å². The average Bonchev–Trinajstić information content (AvgIpc) is 2.35. The van der Waals surface area contributed by atoms with E-state index in [0.29, 0.717) is 11.5 Å². The van der Waals surface area contributed by atoms with Gasteiger partial charge in [0.15, 0.2) is 6.61 Å². The number of allylic oxidation sites excluding steroid dienone is 3. The van der Waals surface area contributed by atoms with Crippen molar-refractivity contribution in [3.8, 4) is 0 Å². The van der Waals surface area contributed by atoms with Gasteiger partial charge in [-0.1, -0.05) is 52.2 Å². The zero-order valence-electron chi connectivity index (χ0n) is 13.9. The lowest BCUT2D eigenvalue weighted by atomic mass is 9.97. The van der Waals surface area contributed by atoms with E-state index in [4.69, 9.17) is 0 Å². The summed E-state index contributed by atoms with van der Waals surface area (Å²) in [4.78, 5) is 11.2. The molecule has 0 radical (unpaired) electrons. The van der Waals surface area contributed by atoms with Gasteiger partial charge >= 0.3 is 12.1 Å². The summed E-state index contributed by atoms with van der Waals surface area (Å²) in [6.45, 7) is 6.69. The number of hydrogen-bond acceptors (Lipinski definition) is 2. The minimum absolute atomic E-state index is 0.556. The number of carbonyl (C=O) groups excluding carboxylic acids is 1. The summed E-state index contributed by atoms with van der Waals surface area (Å²) in [6, 6.07) is 0. The summed E-state index contributed by atoms with van der Waals surface area (Å²) < 4.78 is 39.8. The van der Waals surface area contributed by atoms with Gasteiger partial charge in [-0.15, -0.1) is 0 Å². The maximum atomic E-state index is 11.9. The third-order valence-corrected chi connectivity index (χ3v) is 3.12. The molecule has 0 aromatic carbocycles. The molecule has 0 heterocycles. The Morgan fingerprint density at radius 1 is 1.18 bits per heavy atom. The normalized spacial score (nSPS) is 14.6. The molecule has 0 spiro atoms. The van der Waals surface area contributed by atoms with Crippen LogP contribution in [0.4, 0.5) is 13.2 Å². The van der Waals surface area contributed by atoms with Crippen LogP contribution in [-0.4, -0.2) is 18.8 Å². The van der Waals surface area contributed by atoms with Gasteiger partial charge in [-0.25, -0.2) is 4.79 Å². The van der Waals surface area contributed by atoms with Gasteiger partial charge in [-0.3, -0.25) is 0 Å². The Morgan fingerprint density at radius 3 is 2.36 bits per heavy atom. The summed E-state index contributed by atoms with van der Waals surface area (Å²) in [5, 5.41) is 0. The molecule has 0 N–H and O–H groups in total. The monoisotopic (exact) mass is 320 g/mol. The Bertz CT molecular complexity index is 382. The highest BCUT2D eigenvalue weighted by Gasteiger charge is 2.29. The highest BCUT2D eigenvalue weighted by atomic mass is 19.4. The summed E-state index contributed by atoms with van der Waals surface area (Å²) in [6.07, 6.45) is 4.74. The molecule has 0 bridgehead atoms. The largest absolute Gasteiger partial charge is 0.453 e. The maximum absolute atomic E-state index is 11.9. The van der Waals surface area contributed by atoms with E-state index in [9.17, 15) is 18.0 Å². The molecule has 128 valence electrons. The van der Waals surface area contributed by atoms with E-state index in [1.807, 2.05) is 6.08 Å². The Balaban J connectivity index is 4.05. The molecular formula is C17H27F3O2. The van der Waals surface area contributed by atoms with Gasteiger partial charge in [0.25, 0.3) is 0 Å². The predicted octanol–water partition coefficient (Wildman–Crippen LogP) is 5.45. The molecule has 0 fully saturated rings. The zero-order chi connectivity index (χ0) is 17.2. The van der Waals surface area contributed by atoms with Crippen LogP contribution in [0.3, 0.4) is 0 Å². The first-order valence-electron chi connectivity index (χ1n) is 7.68. The Labute approximate surface area is 131 Å². The van der Waals surface area contributed by atoms with Crippen molar-refractivity contribution in [2.24, 2.45) is 11.8 Å². The molecule has 1 atom stereocenters. The fourth-order valence-corrected chi connectivity index (χ4v) is 1.91. The molecule has 0 aromatic heterocycles. The molecule has 0 aliphatic carbocycles. The first kappa shape index (κ1) is 20.7. The first-order chi connectivity index (χ1) is 10.1. The minimum Gasteiger partial charge on any atom is -0.453 e. The van der Waals surface area contributed by atoms with Gasteiger partial charge in [0.2, 0.25) is 0 Å². The summed E-state index contributed by atoms with van der Waals surface area (Å²) in [7, 11) is 0. The average molecular weight is 320 g/mol. The van der Waals surface area contributed by atoms with Gasteiger partial charge < -0.3 is 4.74 Å². The first-order valence-corrected chi connectivity index (χ1v) is 7.68. The number of ether oxygens (including phenoxy) is 1. The van der Waals surface area contributed by atoms with Crippen molar-refractivity contribution < 1.29 is 22.7 Å². The molecule has 1 unspecified atom stereocenters. The summed E-state index contributed by atoms with van der Waals surface area (Å²) in [5.74, 6) is 0.306. The molecule has 0 rings (SSSR count). The number of alkyl halides is 3. The van der Waals surface area contributed by atoms with Crippen LogP contribution in [0.1, 0.15) is 53.4 Å². The van der Waals surface area contributed by atoms with E-state index >= 15 is 0 Å². The fourth-order valence-electron chi connectivity index (χ4n) is 1.91. The lowest BCUT2D eigenvalue weighted by molar-refractivity contribution is -0.182. The van der Waals surface area contributed by atoms with E-state index in [1.54, 1.807) is 13.0 Å². The molecule has 2 nitrogen and oxygen atoms in total. The van der Waals surface area contributed by atoms with Crippen molar-refractivity contribution in [2.45, 2.75) is 59.6 Å². The lowest BCUT2D eigenvalue weighted by Gasteiger charge is -2.09. The molecule has 5 heteroatoms. The molecule has 22 heavy (non-hydrogen) atoms. The number of hydrogen-bond donors (Lipinski definition) is 0. The van der Waals surface area contributed by atoms with E-state index in [2.05, 4.69) is 25.5 Å². The number of esters is 1. The molecule has 0 aromatic rings. The second kappa shape index (κ2) is 10.5. The maximum Gasteiger partial charge on any atom is 0.422 e. The smallest absolute Gasteiger partial charge is 0.422 e. The third kappa shape index (κ3) is 13.7. The van der Waals surface area contributed by atoms with Gasteiger partial charge in [0.05, 0.1) is 0 Å². The van der Waals surface area contributed by atoms with Gasteiger partial charge in [0.1, 0.15) is 0 Å². The van der Waals surface area contributed by atoms with Crippen LogP contribution in [0.2, 0.25) is 0 Å². The highest BCUT2D eigenvalue weighted by Crippen LogP contribution is 2.16. The predicted molar refractivity (Wildman–Crippen MR) is 82.4 cm³/mol. The summed E-state index contributed by atoms with van der Waals surface area (Å²) >= 11 is 0. The second-order valence-electron chi connectivity index (χ2n) is 6.18. The molecule has 0 aliphatic rings. The van der Waals surface area contributed by atoms with Crippen molar-refractivity contribution in [2.75, 3.05) is 6.61 Å². The molecular weight excluding hydrogens is 293 g/mol. The number of carbonyl (C=O) groups is 1. The van der Waals surface area contributed by atoms with Gasteiger partial charge in [-0.2, -0.15) is 13.2 Å². The van der Waals surface area contributed by atoms with Crippen molar-refractivity contribution >= 4 is 5.97 Å². The van der Waals surface area contributed by atoms with Crippen LogP contribution < -0.4 is 0 Å². The number of halogens is 3. The second-order valence-corrected chi connectivity index (χ2v) is 6.18. The van der Waals surface area contributed by atoms with Crippen LogP contribution in [0.5, 0.6) is 0 Å². The SMILES string of the molecule is CC(C=CCC(C)CCCC(C)C)=CC(=O)OCC(F)(F)F. The zero-order valence-corrected chi connectivity index (χ0v) is 13.9. The van der Waals surface area contributed by atoms with Crippen molar-refractivity contribution in [3.05, 3.63) is 23.8 Å². The van der Waals surface area contributed by atoms with Crippen molar-refractivity contribution in [1.29, 1.82) is 0 Å². The Kier molecular flexibility index (Phi) is 9.86. The van der Waals surface area contributed by atoms with Crippen LogP contribution in [0.15, 0.2) is 23.8 Å². The van der Waals surface area contributed by atoms with Crippen LogP contribution >= 0.6 is 0 Å². The summed E-state index contributed by atoms with van der Waals surface area (Å²) in [5.41, 5.74) is 0.585. The highest BCUT2D eigenvalue weighted by molar-refractivity contribution is 5.83. The Hall–Kier alpha value is -1.26. The standard InChI is InChI=1S/C17H27F3O2/c1-13(2)7-5-8-14(3)9-6-10-15(4)11-16(21)22-12-17(18,19)20/h6,10-11,13-14H,5,7-9,12H2,1-4H3. The molecule has 0 saturated heterocycles. The third-order valence-electron chi connectivity index (χ3n) is 3.12. The van der Waals surface area contributed by atoms with Gasteiger partial charge in [0, 0.05) is 6.08 Å². The minimum atomic E-state index is -4.49. The Morgan fingerprint density at radius 2 is 1.82 bits per heavy atom. The molecule has 0 aliphatic heterocycles.